The van der Waals surface area contributed by atoms with Crippen LogP contribution in [0, 0.1) is 28.6 Å². The lowest BCUT2D eigenvalue weighted by molar-refractivity contribution is -0.230. The maximum absolute atomic E-state index is 17.7. The molecule has 6 nitrogen and oxygen atoms in total. The van der Waals surface area contributed by atoms with Crippen molar-refractivity contribution in [2.24, 2.45) is 28.6 Å². The monoisotopic (exact) mass is 462 g/mol. The van der Waals surface area contributed by atoms with Crippen LogP contribution >= 0.6 is 0 Å². The molecule has 0 spiro atoms. The van der Waals surface area contributed by atoms with Crippen molar-refractivity contribution in [3.63, 3.8) is 0 Å². The molecule has 0 unspecified atom stereocenters. The van der Waals surface area contributed by atoms with Gasteiger partial charge in [0, 0.05) is 23.2 Å². The van der Waals surface area contributed by atoms with Crippen molar-refractivity contribution in [3.8, 4) is 0 Å². The molecule has 4 rings (SSSR count). The van der Waals surface area contributed by atoms with E-state index in [1.54, 1.807) is 26.8 Å². The Kier molecular flexibility index (Phi) is 5.77. The molecule has 0 amide bonds. The number of ketones is 2. The molecule has 0 aliphatic heterocycles. The number of rotatable bonds is 5. The average Bonchev–Trinajstić information content (AvgIpc) is 2.96. The molecule has 0 aromatic carbocycles. The van der Waals surface area contributed by atoms with Crippen LogP contribution in [0.15, 0.2) is 23.8 Å². The number of esters is 1. The summed E-state index contributed by atoms with van der Waals surface area (Å²) in [6, 6.07) is 0. The Bertz CT molecular complexity index is 941. The van der Waals surface area contributed by atoms with Crippen LogP contribution in [0.1, 0.15) is 66.2 Å². The van der Waals surface area contributed by atoms with Crippen molar-refractivity contribution in [3.05, 3.63) is 23.8 Å². The van der Waals surface area contributed by atoms with Gasteiger partial charge in [-0.05, 0) is 63.0 Å². The Hall–Kier alpha value is -1.86. The summed E-state index contributed by atoms with van der Waals surface area (Å²) in [7, 11) is 0. The zero-order chi connectivity index (χ0) is 24.4. The maximum atomic E-state index is 17.7. The van der Waals surface area contributed by atoms with Crippen molar-refractivity contribution in [1.29, 1.82) is 0 Å². The van der Waals surface area contributed by atoms with E-state index in [4.69, 9.17) is 4.74 Å². The second-order valence-electron chi connectivity index (χ2n) is 11.0. The lowest BCUT2D eigenvalue weighted by atomic mass is 9.44. The number of aliphatic hydroxyl groups is 2. The normalized spacial score (nSPS) is 46.2. The topological polar surface area (TPSA) is 101 Å². The minimum atomic E-state index is -1.99. The first kappa shape index (κ1) is 24.3. The van der Waals surface area contributed by atoms with E-state index < -0.39 is 58.4 Å². The van der Waals surface area contributed by atoms with E-state index in [0.717, 1.165) is 0 Å². The van der Waals surface area contributed by atoms with Crippen LogP contribution in [0.5, 0.6) is 0 Å². The van der Waals surface area contributed by atoms with E-state index in [0.29, 0.717) is 31.3 Å². The quantitative estimate of drug-likeness (QED) is 0.609. The van der Waals surface area contributed by atoms with Gasteiger partial charge in [0.25, 0.3) is 0 Å². The molecule has 0 saturated heterocycles. The molecule has 0 heterocycles. The highest BCUT2D eigenvalue weighted by Gasteiger charge is 2.76. The summed E-state index contributed by atoms with van der Waals surface area (Å²) in [5, 5.41) is 21.4. The maximum Gasteiger partial charge on any atom is 0.306 e. The molecule has 2 N–H and O–H groups in total. The largest absolute Gasteiger partial charge is 0.459 e. The second-order valence-corrected chi connectivity index (χ2v) is 11.0. The van der Waals surface area contributed by atoms with Gasteiger partial charge in [-0.1, -0.05) is 32.4 Å². The number of carbonyl (C=O) groups excluding carboxylic acids is 3. The first-order valence-electron chi connectivity index (χ1n) is 12.1. The fourth-order valence-corrected chi connectivity index (χ4v) is 7.77. The van der Waals surface area contributed by atoms with Crippen molar-refractivity contribution < 1.29 is 33.7 Å². The van der Waals surface area contributed by atoms with E-state index in [2.05, 4.69) is 0 Å². The van der Waals surface area contributed by atoms with Gasteiger partial charge in [-0.2, -0.15) is 0 Å². The average molecular weight is 463 g/mol. The fourth-order valence-electron chi connectivity index (χ4n) is 7.77. The number of hydrogen-bond acceptors (Lipinski definition) is 6. The van der Waals surface area contributed by atoms with Gasteiger partial charge < -0.3 is 14.9 Å². The predicted molar refractivity (Wildman–Crippen MR) is 119 cm³/mol. The van der Waals surface area contributed by atoms with Gasteiger partial charge in [0.2, 0.25) is 0 Å². The van der Waals surface area contributed by atoms with E-state index in [1.165, 1.54) is 12.2 Å². The van der Waals surface area contributed by atoms with Gasteiger partial charge in [0.1, 0.15) is 18.3 Å². The van der Waals surface area contributed by atoms with E-state index >= 15 is 4.39 Å². The summed E-state index contributed by atoms with van der Waals surface area (Å²) in [5.41, 5.74) is -5.32. The fraction of sp³-hybridized carbons (Fsp3) is 0.731. The lowest BCUT2D eigenvalue weighted by Crippen LogP contribution is -2.70. The van der Waals surface area contributed by atoms with Crippen molar-refractivity contribution in [2.75, 3.05) is 6.61 Å². The summed E-state index contributed by atoms with van der Waals surface area (Å²) in [4.78, 5) is 37.5. The number of Topliss-reactive ketones (excluding diaryl/α,β-unsaturated/α-hetero) is 1. The summed E-state index contributed by atoms with van der Waals surface area (Å²) in [6.45, 7) is 6.35. The zero-order valence-corrected chi connectivity index (χ0v) is 19.9. The first-order valence-corrected chi connectivity index (χ1v) is 12.1. The van der Waals surface area contributed by atoms with Crippen LogP contribution in [-0.4, -0.2) is 51.7 Å². The molecule has 0 bridgehead atoms. The van der Waals surface area contributed by atoms with Crippen LogP contribution in [0.25, 0.3) is 0 Å². The molecule has 4 aliphatic rings. The number of ether oxygens (including phenoxy) is 1. The number of alkyl halides is 1. The van der Waals surface area contributed by atoms with E-state index in [9.17, 15) is 24.6 Å². The highest BCUT2D eigenvalue weighted by atomic mass is 19.1. The van der Waals surface area contributed by atoms with Gasteiger partial charge in [0.05, 0.1) is 0 Å². The van der Waals surface area contributed by atoms with Crippen LogP contribution in [0.4, 0.5) is 4.39 Å². The minimum Gasteiger partial charge on any atom is -0.459 e. The van der Waals surface area contributed by atoms with Crippen LogP contribution in [0.3, 0.4) is 0 Å². The molecule has 0 aromatic rings. The summed E-state index contributed by atoms with van der Waals surface area (Å²) in [6.07, 6.45) is 5.34. The minimum absolute atomic E-state index is 0.0304. The van der Waals surface area contributed by atoms with Crippen LogP contribution in [-0.2, 0) is 19.1 Å². The second kappa shape index (κ2) is 7.84. The van der Waals surface area contributed by atoms with Gasteiger partial charge in [-0.25, -0.2) is 4.39 Å². The van der Waals surface area contributed by atoms with Gasteiger partial charge in [0.15, 0.2) is 17.2 Å². The third-order valence-corrected chi connectivity index (χ3v) is 9.49. The molecule has 3 saturated carbocycles. The van der Waals surface area contributed by atoms with E-state index in [-0.39, 0.29) is 24.5 Å². The zero-order valence-electron chi connectivity index (χ0n) is 19.9. The molecule has 182 valence electrons. The SMILES string of the molecule is CCCC(=O)O[C@H]1C[C@@]2(C)[C@@H](C[C@@H](C)[C@]2(O)C(=O)CO)[C@@H]2CCC3=CC(=O)C=C[C@]3(C)[C@@]12F. The van der Waals surface area contributed by atoms with Gasteiger partial charge >= 0.3 is 5.97 Å². The lowest BCUT2D eigenvalue weighted by Gasteiger charge is -2.63. The molecule has 3 fully saturated rings. The summed E-state index contributed by atoms with van der Waals surface area (Å²) < 4.78 is 23.5. The van der Waals surface area contributed by atoms with Crippen LogP contribution < -0.4 is 0 Å². The molecule has 0 aromatic heterocycles. The molecule has 0 radical (unpaired) electrons. The summed E-state index contributed by atoms with van der Waals surface area (Å²) >= 11 is 0. The Morgan fingerprint density at radius 3 is 2.61 bits per heavy atom. The smallest absolute Gasteiger partial charge is 0.306 e. The Morgan fingerprint density at radius 1 is 1.27 bits per heavy atom. The predicted octanol–water partition coefficient (Wildman–Crippen LogP) is 3.25. The molecule has 7 heteroatoms. The number of allylic oxidation sites excluding steroid dienone is 4. The highest BCUT2D eigenvalue weighted by molar-refractivity contribution is 6.01. The molecule has 8 atom stereocenters. The Morgan fingerprint density at radius 2 is 1.97 bits per heavy atom. The highest BCUT2D eigenvalue weighted by Crippen LogP contribution is 2.71. The van der Waals surface area contributed by atoms with Crippen molar-refractivity contribution >= 4 is 17.5 Å². The molecule has 33 heavy (non-hydrogen) atoms. The number of fused-ring (bicyclic) bond motifs is 5. The first-order chi connectivity index (χ1) is 15.4. The molecular weight excluding hydrogens is 427 g/mol. The van der Waals surface area contributed by atoms with Crippen molar-refractivity contribution in [1.82, 2.24) is 0 Å². The third-order valence-electron chi connectivity index (χ3n) is 9.49. The molecule has 4 aliphatic carbocycles. The summed E-state index contributed by atoms with van der Waals surface area (Å²) in [5.74, 6) is -2.77. The number of halogens is 1. The van der Waals surface area contributed by atoms with Crippen LogP contribution in [0.2, 0.25) is 0 Å². The molecular formula is C26H35FO6. The standard InChI is InChI=1S/C26H35FO6/c1-5-6-22(31)33-21-13-24(4)19(11-15(2)26(24,32)20(30)14-28)18-8-7-16-12-17(29)9-10-23(16,3)25(18,21)27/h9-10,12,15,18-19,21,28,32H,5-8,11,13-14H2,1-4H3/t15-,18+,19+,21+,23+,24+,25+,26+/m1/s1. The third kappa shape index (κ3) is 3.00. The van der Waals surface area contributed by atoms with E-state index in [1.807, 2.05) is 6.92 Å². The number of hydrogen-bond donors (Lipinski definition) is 2. The number of carbonyl (C=O) groups is 3. The van der Waals surface area contributed by atoms with Gasteiger partial charge in [-0.3, -0.25) is 14.4 Å². The van der Waals surface area contributed by atoms with Crippen molar-refractivity contribution in [2.45, 2.75) is 83.6 Å². The Balaban J connectivity index is 1.87. The van der Waals surface area contributed by atoms with Gasteiger partial charge in [-0.15, -0.1) is 0 Å². The Labute approximate surface area is 194 Å². The number of aliphatic hydroxyl groups excluding tert-OH is 1.